The van der Waals surface area contributed by atoms with E-state index < -0.39 is 0 Å². The molecule has 8 nitrogen and oxygen atoms in total. The Hall–Kier alpha value is -6.28. The van der Waals surface area contributed by atoms with E-state index in [0.29, 0.717) is 0 Å². The first-order valence-corrected chi connectivity index (χ1v) is 17.9. The average molecular weight is 683 g/mol. The van der Waals surface area contributed by atoms with E-state index in [-0.39, 0.29) is 0 Å². The van der Waals surface area contributed by atoms with Gasteiger partial charge in [-0.2, -0.15) is 0 Å². The molecule has 0 unspecified atom stereocenters. The third-order valence-corrected chi connectivity index (χ3v) is 10.5. The number of fused-ring (bicyclic) bond motifs is 8. The summed E-state index contributed by atoms with van der Waals surface area (Å²) < 4.78 is 0. The van der Waals surface area contributed by atoms with Gasteiger partial charge in [-0.25, -0.2) is 9.97 Å². The van der Waals surface area contributed by atoms with Gasteiger partial charge in [0.1, 0.15) is 0 Å². The van der Waals surface area contributed by atoms with E-state index >= 15 is 0 Å². The van der Waals surface area contributed by atoms with Crippen LogP contribution in [0.15, 0.2) is 97.2 Å². The van der Waals surface area contributed by atoms with Crippen molar-refractivity contribution in [2.45, 2.75) is 0 Å². The molecule has 2 N–H and O–H groups in total. The van der Waals surface area contributed by atoms with Crippen LogP contribution >= 0.6 is 0 Å². The summed E-state index contributed by atoms with van der Waals surface area (Å²) in [4.78, 5) is 27.8. The maximum Gasteiger partial charge on any atom is 0.0752 e. The highest BCUT2D eigenvalue weighted by atomic mass is 15.1. The number of hydrogen-bond acceptors (Lipinski definition) is 6. The Bertz CT molecular complexity index is 2150. The smallest absolute Gasteiger partial charge is 0.0752 e. The average Bonchev–Trinajstić information content (AvgIpc) is 3.99. The third kappa shape index (κ3) is 5.39. The minimum atomic E-state index is 0.824. The molecule has 0 saturated carbocycles. The van der Waals surface area contributed by atoms with E-state index in [1.165, 1.54) is 0 Å². The van der Waals surface area contributed by atoms with Gasteiger partial charge in [0, 0.05) is 99.4 Å². The molecule has 0 atom stereocenters. The summed E-state index contributed by atoms with van der Waals surface area (Å²) in [6.07, 6.45) is 34.8. The van der Waals surface area contributed by atoms with Gasteiger partial charge in [0.05, 0.1) is 44.8 Å². The van der Waals surface area contributed by atoms with Crippen molar-refractivity contribution in [2.24, 2.45) is 0 Å². The number of aromatic nitrogens is 4. The molecule has 8 heteroatoms. The molecule has 3 aromatic heterocycles. The van der Waals surface area contributed by atoms with Crippen LogP contribution in [0.3, 0.4) is 0 Å². The number of allylic oxidation sites excluding steroid dienone is 8. The summed E-state index contributed by atoms with van der Waals surface area (Å²) in [5.41, 5.74) is 16.4. The van der Waals surface area contributed by atoms with Crippen molar-refractivity contribution in [2.75, 3.05) is 54.4 Å². The molecule has 6 aliphatic heterocycles. The monoisotopic (exact) mass is 682 g/mol. The zero-order chi connectivity index (χ0) is 35.3. The van der Waals surface area contributed by atoms with Crippen molar-refractivity contribution >= 4 is 69.2 Å². The van der Waals surface area contributed by atoms with Crippen molar-refractivity contribution in [3.63, 3.8) is 0 Å². The lowest BCUT2D eigenvalue weighted by Gasteiger charge is -2.25. The number of nitrogens with zero attached hydrogens (tertiary/aromatic N) is 6. The highest BCUT2D eigenvalue weighted by Crippen LogP contribution is 2.37. The van der Waals surface area contributed by atoms with Crippen LogP contribution in [0.25, 0.3) is 69.2 Å². The Morgan fingerprint density at radius 3 is 0.885 bits per heavy atom. The Morgan fingerprint density at radius 1 is 0.404 bits per heavy atom. The van der Waals surface area contributed by atoms with Crippen LogP contribution in [0.1, 0.15) is 45.0 Å². The Kier molecular flexibility index (Phi) is 7.80. The summed E-state index contributed by atoms with van der Waals surface area (Å²) in [6, 6.07) is 8.79. The first-order chi connectivity index (χ1) is 25.4. The normalized spacial score (nSPS) is 17.9. The molecule has 52 heavy (non-hydrogen) atoms. The number of H-pyrrole nitrogens is 2. The van der Waals surface area contributed by atoms with E-state index in [1.54, 1.807) is 0 Å². The molecule has 8 bridgehead atoms. The fourth-order valence-electron chi connectivity index (χ4n) is 7.80. The van der Waals surface area contributed by atoms with Gasteiger partial charge in [0.15, 0.2) is 0 Å². The standard InChI is InChI=1S/C44H42N8/c1-49-25-9-5-13-37(49)41-29-17-19-31(45-29)42(38-14-6-10-26-50(38)2)33-21-23-35(47-33)44(40-16-8-12-28-52(40)4)36-24-22-34(48-36)43(32-20-18-30(41)46-32)39-15-7-11-27-51(39)3/h5-24,45,48H,25-28H2,1-4H3. The lowest BCUT2D eigenvalue weighted by molar-refractivity contribution is 0.531. The first-order valence-electron chi connectivity index (χ1n) is 17.9. The topological polar surface area (TPSA) is 70.3 Å². The first kappa shape index (κ1) is 31.7. The van der Waals surface area contributed by atoms with Crippen LogP contribution in [0.4, 0.5) is 0 Å². The number of likely N-dealkylation sites (N-methyl/N-ethyl adjacent to an activating group) is 4. The Morgan fingerprint density at radius 2 is 0.654 bits per heavy atom. The summed E-state index contributed by atoms with van der Waals surface area (Å²) in [5, 5.41) is 0. The lowest BCUT2D eigenvalue weighted by atomic mass is 10.1. The van der Waals surface area contributed by atoms with Crippen molar-refractivity contribution in [3.8, 4) is 0 Å². The predicted octanol–water partition coefficient (Wildman–Crippen LogP) is 8.03. The van der Waals surface area contributed by atoms with Crippen LogP contribution in [-0.2, 0) is 0 Å². The summed E-state index contributed by atoms with van der Waals surface area (Å²) in [7, 11) is 8.58. The third-order valence-electron chi connectivity index (χ3n) is 10.5. The van der Waals surface area contributed by atoms with E-state index in [1.807, 2.05) is 0 Å². The number of aromatic amines is 2. The molecule has 0 aromatic carbocycles. The van der Waals surface area contributed by atoms with E-state index in [0.717, 1.165) is 116 Å². The largest absolute Gasteiger partial charge is 0.370 e. The molecular formula is C44H42N8. The fraction of sp³-hybridized carbons (Fsp3) is 0.182. The van der Waals surface area contributed by atoms with Gasteiger partial charge in [-0.15, -0.1) is 0 Å². The minimum Gasteiger partial charge on any atom is -0.370 e. The second kappa shape index (κ2) is 12.8. The van der Waals surface area contributed by atoms with Crippen molar-refractivity contribution in [1.29, 1.82) is 0 Å². The summed E-state index contributed by atoms with van der Waals surface area (Å²) in [5.74, 6) is 0. The number of nitrogens with one attached hydrogen (secondary N) is 2. The van der Waals surface area contributed by atoms with Crippen molar-refractivity contribution in [3.05, 3.63) is 142 Å². The van der Waals surface area contributed by atoms with Gasteiger partial charge in [0.25, 0.3) is 0 Å². The maximum absolute atomic E-state index is 5.46. The van der Waals surface area contributed by atoms with Crippen LogP contribution in [-0.4, -0.2) is 93.9 Å². The van der Waals surface area contributed by atoms with E-state index in [2.05, 4.69) is 179 Å². The molecule has 9 rings (SSSR count). The zero-order valence-electron chi connectivity index (χ0n) is 30.1. The quantitative estimate of drug-likeness (QED) is 0.200. The predicted molar refractivity (Wildman–Crippen MR) is 218 cm³/mol. The minimum absolute atomic E-state index is 0.824. The number of rotatable bonds is 4. The van der Waals surface area contributed by atoms with E-state index in [9.17, 15) is 0 Å². The molecule has 0 amide bonds. The molecule has 258 valence electrons. The molecule has 3 aromatic rings. The van der Waals surface area contributed by atoms with Gasteiger partial charge < -0.3 is 29.6 Å². The lowest BCUT2D eigenvalue weighted by Crippen LogP contribution is -2.20. The molecule has 0 spiro atoms. The molecule has 0 saturated heterocycles. The van der Waals surface area contributed by atoms with Crippen LogP contribution in [0.5, 0.6) is 0 Å². The fourth-order valence-corrected chi connectivity index (χ4v) is 7.80. The highest BCUT2D eigenvalue weighted by Gasteiger charge is 2.24. The van der Waals surface area contributed by atoms with Gasteiger partial charge in [-0.1, -0.05) is 48.6 Å². The SMILES string of the molecule is CN1CC=CC=C1c1c2nc(c(C3=CC=CCN3C)c3ccc([nH]3)c(C3=CC=CCN3C)c3nc(c(C4=CC=CCN4C)c4ccc1[nH]4)C=C3)C=C2. The van der Waals surface area contributed by atoms with Crippen LogP contribution in [0, 0.1) is 0 Å². The molecule has 0 fully saturated rings. The van der Waals surface area contributed by atoms with Gasteiger partial charge >= 0.3 is 0 Å². The second-order valence-electron chi connectivity index (χ2n) is 13.9. The van der Waals surface area contributed by atoms with E-state index in [4.69, 9.17) is 9.97 Å². The Labute approximate surface area is 304 Å². The molecule has 0 aliphatic carbocycles. The maximum atomic E-state index is 5.46. The number of hydrogen-bond donors (Lipinski definition) is 2. The molecular weight excluding hydrogens is 641 g/mol. The van der Waals surface area contributed by atoms with Crippen molar-refractivity contribution < 1.29 is 0 Å². The molecule has 0 radical (unpaired) electrons. The zero-order valence-corrected chi connectivity index (χ0v) is 30.1. The van der Waals surface area contributed by atoms with Crippen molar-refractivity contribution in [1.82, 2.24) is 39.5 Å². The molecule has 9 heterocycles. The van der Waals surface area contributed by atoms with Gasteiger partial charge in [0.2, 0.25) is 0 Å². The molecule has 6 aliphatic rings. The Balaban J connectivity index is 1.46. The highest BCUT2D eigenvalue weighted by molar-refractivity contribution is 5.96. The van der Waals surface area contributed by atoms with Crippen LogP contribution in [0.2, 0.25) is 0 Å². The summed E-state index contributed by atoms with van der Waals surface area (Å²) >= 11 is 0. The second-order valence-corrected chi connectivity index (χ2v) is 13.9. The summed E-state index contributed by atoms with van der Waals surface area (Å²) in [6.45, 7) is 3.30. The van der Waals surface area contributed by atoms with Crippen LogP contribution < -0.4 is 0 Å². The van der Waals surface area contributed by atoms with Gasteiger partial charge in [-0.3, -0.25) is 0 Å². The van der Waals surface area contributed by atoms with Gasteiger partial charge in [-0.05, 0) is 72.9 Å².